The SMILES string of the molecule is Cl.Cn1cc(CN(Cc2nccn2C)C2CC23CCNCC3)cn1. The zero-order valence-electron chi connectivity index (χ0n) is 14.5. The predicted octanol–water partition coefficient (Wildman–Crippen LogP) is 1.72. The molecule has 1 saturated carbocycles. The van der Waals surface area contributed by atoms with Gasteiger partial charge in [-0.2, -0.15) is 5.10 Å². The molecule has 2 fully saturated rings. The summed E-state index contributed by atoms with van der Waals surface area (Å²) in [7, 11) is 4.07. The van der Waals surface area contributed by atoms with Crippen molar-refractivity contribution in [1.29, 1.82) is 0 Å². The molecule has 6 nitrogen and oxygen atoms in total. The standard InChI is InChI=1S/C17H26N6.ClH/c1-21-8-7-19-16(21)13-23(12-14-10-20-22(2)11-14)15-9-17(15)3-5-18-6-4-17;/h7-8,10-11,15,18H,3-6,9,12-13H2,1-2H3;1H. The summed E-state index contributed by atoms with van der Waals surface area (Å²) in [6.07, 6.45) is 12.0. The summed E-state index contributed by atoms with van der Waals surface area (Å²) in [6.45, 7) is 4.21. The van der Waals surface area contributed by atoms with Gasteiger partial charge in [0.15, 0.2) is 0 Å². The van der Waals surface area contributed by atoms with Crippen LogP contribution in [0.5, 0.6) is 0 Å². The van der Waals surface area contributed by atoms with Gasteiger partial charge in [0.25, 0.3) is 0 Å². The molecule has 1 atom stereocenters. The first kappa shape index (κ1) is 17.5. The molecule has 0 bridgehead atoms. The van der Waals surface area contributed by atoms with E-state index in [1.807, 2.05) is 30.3 Å². The molecule has 4 rings (SSSR count). The van der Waals surface area contributed by atoms with Crippen molar-refractivity contribution < 1.29 is 0 Å². The van der Waals surface area contributed by atoms with Gasteiger partial charge in [0.05, 0.1) is 12.7 Å². The van der Waals surface area contributed by atoms with Crippen molar-refractivity contribution in [2.45, 2.75) is 38.4 Å². The van der Waals surface area contributed by atoms with Crippen molar-refractivity contribution in [3.63, 3.8) is 0 Å². The Kier molecular flexibility index (Phi) is 4.99. The monoisotopic (exact) mass is 350 g/mol. The van der Waals surface area contributed by atoms with Gasteiger partial charge in [-0.05, 0) is 37.8 Å². The Labute approximate surface area is 149 Å². The molecule has 3 heterocycles. The number of aryl methyl sites for hydroxylation is 2. The molecule has 1 saturated heterocycles. The maximum atomic E-state index is 4.53. The third-order valence-corrected chi connectivity index (χ3v) is 5.60. The normalized spacial score (nSPS) is 21.9. The number of rotatable bonds is 5. The number of hydrogen-bond acceptors (Lipinski definition) is 4. The second-order valence-electron chi connectivity index (χ2n) is 7.21. The Morgan fingerprint density at radius 1 is 1.29 bits per heavy atom. The first-order chi connectivity index (χ1) is 11.2. The minimum atomic E-state index is 0. The number of nitrogens with zero attached hydrogens (tertiary/aromatic N) is 5. The molecule has 2 aromatic rings. The van der Waals surface area contributed by atoms with Crippen molar-refractivity contribution in [3.05, 3.63) is 36.2 Å². The minimum Gasteiger partial charge on any atom is -0.337 e. The highest BCUT2D eigenvalue weighted by Crippen LogP contribution is 2.56. The fraction of sp³-hybridized carbons (Fsp3) is 0.647. The van der Waals surface area contributed by atoms with Gasteiger partial charge >= 0.3 is 0 Å². The maximum absolute atomic E-state index is 4.53. The van der Waals surface area contributed by atoms with Gasteiger partial charge in [0, 0.05) is 50.8 Å². The van der Waals surface area contributed by atoms with Crippen LogP contribution in [0.4, 0.5) is 0 Å². The number of aromatic nitrogens is 4. The van der Waals surface area contributed by atoms with Crippen LogP contribution in [-0.2, 0) is 27.2 Å². The van der Waals surface area contributed by atoms with Crippen molar-refractivity contribution in [2.24, 2.45) is 19.5 Å². The van der Waals surface area contributed by atoms with Crippen LogP contribution in [0.25, 0.3) is 0 Å². The number of piperidine rings is 1. The minimum absolute atomic E-state index is 0. The summed E-state index contributed by atoms with van der Waals surface area (Å²) in [4.78, 5) is 7.15. The molecule has 7 heteroatoms. The van der Waals surface area contributed by atoms with E-state index in [0.717, 1.165) is 18.9 Å². The van der Waals surface area contributed by atoms with Crippen molar-refractivity contribution in [1.82, 2.24) is 29.5 Å². The summed E-state index contributed by atoms with van der Waals surface area (Å²) in [6, 6.07) is 0.682. The third kappa shape index (κ3) is 3.36. The summed E-state index contributed by atoms with van der Waals surface area (Å²) >= 11 is 0. The molecule has 1 N–H and O–H groups in total. The molecule has 132 valence electrons. The molecule has 1 spiro atoms. The van der Waals surface area contributed by atoms with E-state index in [1.54, 1.807) is 0 Å². The summed E-state index contributed by atoms with van der Waals surface area (Å²) < 4.78 is 4.02. The van der Waals surface area contributed by atoms with Gasteiger partial charge in [-0.25, -0.2) is 4.98 Å². The van der Waals surface area contributed by atoms with E-state index in [9.17, 15) is 0 Å². The van der Waals surface area contributed by atoms with Crippen LogP contribution in [0.1, 0.15) is 30.7 Å². The molecule has 1 aliphatic heterocycles. The molecule has 24 heavy (non-hydrogen) atoms. The zero-order valence-corrected chi connectivity index (χ0v) is 15.3. The molecule has 0 aromatic carbocycles. The van der Waals surface area contributed by atoms with Crippen molar-refractivity contribution >= 4 is 12.4 Å². The molecule has 2 aliphatic rings. The van der Waals surface area contributed by atoms with Crippen LogP contribution in [0.3, 0.4) is 0 Å². The largest absolute Gasteiger partial charge is 0.337 e. The first-order valence-corrected chi connectivity index (χ1v) is 8.55. The molecule has 1 aliphatic carbocycles. The average molecular weight is 351 g/mol. The molecular formula is C17H27ClN6. The first-order valence-electron chi connectivity index (χ1n) is 8.55. The Morgan fingerprint density at radius 2 is 2.08 bits per heavy atom. The highest BCUT2D eigenvalue weighted by Gasteiger charge is 2.56. The highest BCUT2D eigenvalue weighted by molar-refractivity contribution is 5.85. The average Bonchev–Trinajstić information content (AvgIpc) is 2.85. The summed E-state index contributed by atoms with van der Waals surface area (Å²) in [5.74, 6) is 1.14. The lowest BCUT2D eigenvalue weighted by Crippen LogP contribution is -2.36. The van der Waals surface area contributed by atoms with Gasteiger partial charge in [-0.1, -0.05) is 0 Å². The predicted molar refractivity (Wildman–Crippen MR) is 95.9 cm³/mol. The molecule has 0 radical (unpaired) electrons. The smallest absolute Gasteiger partial charge is 0.122 e. The van der Waals surface area contributed by atoms with Gasteiger partial charge in [-0.3, -0.25) is 9.58 Å². The van der Waals surface area contributed by atoms with Crippen LogP contribution < -0.4 is 5.32 Å². The maximum Gasteiger partial charge on any atom is 0.122 e. The molecule has 1 unspecified atom stereocenters. The lowest BCUT2D eigenvalue weighted by molar-refractivity contribution is 0.182. The van der Waals surface area contributed by atoms with E-state index in [-0.39, 0.29) is 12.4 Å². The fourth-order valence-corrected chi connectivity index (χ4v) is 4.10. The van der Waals surface area contributed by atoms with Crippen molar-refractivity contribution in [3.8, 4) is 0 Å². The fourth-order valence-electron chi connectivity index (χ4n) is 4.10. The second kappa shape index (κ2) is 6.86. The Bertz CT molecular complexity index is 672. The topological polar surface area (TPSA) is 50.9 Å². The van der Waals surface area contributed by atoms with E-state index in [4.69, 9.17) is 0 Å². The molecule has 0 amide bonds. The number of halogens is 1. The van der Waals surface area contributed by atoms with E-state index in [0.29, 0.717) is 11.5 Å². The van der Waals surface area contributed by atoms with E-state index in [2.05, 4.69) is 38.1 Å². The van der Waals surface area contributed by atoms with Crippen LogP contribution >= 0.6 is 12.4 Å². The Morgan fingerprint density at radius 3 is 2.71 bits per heavy atom. The second-order valence-corrected chi connectivity index (χ2v) is 7.21. The summed E-state index contributed by atoms with van der Waals surface area (Å²) in [5, 5.41) is 7.83. The highest BCUT2D eigenvalue weighted by atomic mass is 35.5. The van der Waals surface area contributed by atoms with Gasteiger partial charge in [0.1, 0.15) is 5.82 Å². The number of hydrogen-bond donors (Lipinski definition) is 1. The van der Waals surface area contributed by atoms with Gasteiger partial charge < -0.3 is 9.88 Å². The zero-order chi connectivity index (χ0) is 15.9. The van der Waals surface area contributed by atoms with E-state index >= 15 is 0 Å². The van der Waals surface area contributed by atoms with Gasteiger partial charge in [-0.15, -0.1) is 12.4 Å². The van der Waals surface area contributed by atoms with Crippen LogP contribution in [0.2, 0.25) is 0 Å². The Balaban J connectivity index is 0.00000169. The van der Waals surface area contributed by atoms with E-state index in [1.165, 1.54) is 37.9 Å². The lowest BCUT2D eigenvalue weighted by Gasteiger charge is -2.29. The van der Waals surface area contributed by atoms with Crippen LogP contribution in [0, 0.1) is 5.41 Å². The number of imidazole rings is 1. The third-order valence-electron chi connectivity index (χ3n) is 5.60. The summed E-state index contributed by atoms with van der Waals surface area (Å²) in [5.41, 5.74) is 1.83. The lowest BCUT2D eigenvalue weighted by atomic mass is 9.93. The van der Waals surface area contributed by atoms with E-state index < -0.39 is 0 Å². The Hall–Kier alpha value is -1.37. The van der Waals surface area contributed by atoms with Crippen molar-refractivity contribution in [2.75, 3.05) is 13.1 Å². The quantitative estimate of drug-likeness (QED) is 0.892. The molecule has 2 aromatic heterocycles. The number of nitrogens with one attached hydrogen (secondary N) is 1. The van der Waals surface area contributed by atoms with Crippen LogP contribution in [-0.4, -0.2) is 43.4 Å². The molecular weight excluding hydrogens is 324 g/mol. The van der Waals surface area contributed by atoms with Crippen LogP contribution in [0.15, 0.2) is 24.8 Å². The van der Waals surface area contributed by atoms with Gasteiger partial charge in [0.2, 0.25) is 0 Å².